The fraction of sp³-hybridized carbons (Fsp3) is 0.506. The number of aromatic amines is 3. The van der Waals surface area contributed by atoms with Gasteiger partial charge in [0.1, 0.15) is 74.0 Å². The largest absolute Gasteiger partial charge is 0.485 e. The summed E-state index contributed by atoms with van der Waals surface area (Å²) in [5.74, 6) is 5.62. The Kier molecular flexibility index (Phi) is 24.9. The molecule has 9 N–H and O–H groups in total. The minimum Gasteiger partial charge on any atom is -0.485 e. The SMILES string of the molecule is COCCNc1nc(Nc2ccc(C(=O)N3CCC(N4CCCCC4)CC3)c3c2OCCO3)nc2[nH]cc(Cl)c12.COCCNc1nc(Nc2ccc(C(=O)N3CCOCC3)c3c2OCCO3)nc2[nH]cc(Cl)c12.O=C(c1ccc(Nc2nc(NC3CCC3)c3c(Cl)c[nH]c3n2)c2c1OCCO2)N1CCC(N2CCCCC2)CC1. The van der Waals surface area contributed by atoms with Gasteiger partial charge in [-0.15, -0.1) is 0 Å². The summed E-state index contributed by atoms with van der Waals surface area (Å²) in [5, 5.41) is 23.6. The first-order valence-corrected chi connectivity index (χ1v) is 40.9. The number of piperidine rings is 4. The van der Waals surface area contributed by atoms with Crippen LogP contribution in [-0.2, 0) is 14.2 Å². The predicted octanol–water partition coefficient (Wildman–Crippen LogP) is 12.1. The Morgan fingerprint density at radius 1 is 0.412 bits per heavy atom. The van der Waals surface area contributed by atoms with Crippen LogP contribution in [0.5, 0.6) is 34.5 Å². The number of likely N-dealkylation sites (tertiary alicyclic amines) is 4. The minimum absolute atomic E-state index is 0.00363. The number of nitrogens with zero attached hydrogens (tertiary/aromatic N) is 11. The van der Waals surface area contributed by atoms with Gasteiger partial charge in [-0.25, -0.2) is 0 Å². The number of methoxy groups -OCH3 is 2. The molecule has 6 aromatic heterocycles. The molecule has 0 spiro atoms. The Labute approximate surface area is 674 Å². The average Bonchev–Trinajstić information content (AvgIpc) is 1.73. The number of fused-ring (bicyclic) bond motifs is 6. The summed E-state index contributed by atoms with van der Waals surface area (Å²) in [5.41, 5.74) is 5.19. The maximum atomic E-state index is 13.7. The molecule has 0 radical (unpaired) electrons. The van der Waals surface area contributed by atoms with Gasteiger partial charge >= 0.3 is 0 Å². The third-order valence-corrected chi connectivity index (χ3v) is 23.1. The Morgan fingerprint density at radius 3 is 1.11 bits per heavy atom. The highest BCUT2D eigenvalue weighted by atomic mass is 35.5. The van der Waals surface area contributed by atoms with Gasteiger partial charge in [0.2, 0.25) is 17.8 Å². The number of benzene rings is 3. The van der Waals surface area contributed by atoms with E-state index in [0.29, 0.717) is 257 Å². The number of aromatic nitrogens is 9. The molecule has 1 saturated carbocycles. The van der Waals surface area contributed by atoms with Crippen molar-refractivity contribution in [3.63, 3.8) is 0 Å². The van der Waals surface area contributed by atoms with E-state index in [-0.39, 0.29) is 17.7 Å². The smallest absolute Gasteiger partial charge is 0.257 e. The first-order valence-electron chi connectivity index (χ1n) is 39.8. The van der Waals surface area contributed by atoms with E-state index >= 15 is 0 Å². The van der Waals surface area contributed by atoms with Crippen LogP contribution in [0.15, 0.2) is 55.0 Å². The van der Waals surface area contributed by atoms with Crippen LogP contribution in [0, 0.1) is 0 Å². The van der Waals surface area contributed by atoms with Gasteiger partial charge in [-0.2, -0.15) is 29.9 Å². The zero-order chi connectivity index (χ0) is 78.0. The van der Waals surface area contributed by atoms with E-state index in [0.717, 1.165) is 70.1 Å². The number of rotatable bonds is 21. The number of carbonyl (C=O) groups excluding carboxylic acids is 3. The molecule has 0 unspecified atom stereocenters. The summed E-state index contributed by atoms with van der Waals surface area (Å²) >= 11 is 19.1. The van der Waals surface area contributed by atoms with E-state index < -0.39 is 0 Å². The van der Waals surface area contributed by atoms with Crippen LogP contribution < -0.4 is 60.3 Å². The quantitative estimate of drug-likeness (QED) is 0.0302. The number of anilines is 9. The van der Waals surface area contributed by atoms with Crippen molar-refractivity contribution in [3.05, 3.63) is 86.7 Å². The summed E-state index contributed by atoms with van der Waals surface area (Å²) < 4.78 is 51.5. The van der Waals surface area contributed by atoms with Crippen LogP contribution in [-0.4, -0.2) is 264 Å². The zero-order valence-corrected chi connectivity index (χ0v) is 66.4. The summed E-state index contributed by atoms with van der Waals surface area (Å²) in [7, 11) is 3.27. The molecule has 9 aliphatic rings. The summed E-state index contributed by atoms with van der Waals surface area (Å²) in [6.45, 7) is 14.3. The Bertz CT molecular complexity index is 4900. The second kappa shape index (κ2) is 36.4. The first kappa shape index (κ1) is 78.1. The number of nitrogens with one attached hydrogen (secondary N) is 9. The van der Waals surface area contributed by atoms with Gasteiger partial charge < -0.3 is 114 Å². The minimum atomic E-state index is -0.111. The van der Waals surface area contributed by atoms with Crippen LogP contribution in [0.3, 0.4) is 0 Å². The lowest BCUT2D eigenvalue weighted by molar-refractivity contribution is 0.0298. The molecule has 114 heavy (non-hydrogen) atoms. The fourth-order valence-electron chi connectivity index (χ4n) is 16.1. The molecule has 6 fully saturated rings. The van der Waals surface area contributed by atoms with Crippen molar-refractivity contribution >= 4 is 138 Å². The maximum absolute atomic E-state index is 13.7. The van der Waals surface area contributed by atoms with Gasteiger partial charge in [0.05, 0.1) is 91.4 Å². The molecule has 8 aliphatic heterocycles. The van der Waals surface area contributed by atoms with Gasteiger partial charge in [0.15, 0.2) is 34.5 Å². The summed E-state index contributed by atoms with van der Waals surface area (Å²) in [6.07, 6.45) is 20.4. The molecule has 18 rings (SSSR count). The van der Waals surface area contributed by atoms with Crippen LogP contribution in [0.1, 0.15) is 115 Å². The average molecular weight is 1630 g/mol. The predicted molar refractivity (Wildman–Crippen MR) is 436 cm³/mol. The normalized spacial score (nSPS) is 18.1. The summed E-state index contributed by atoms with van der Waals surface area (Å²) in [6, 6.07) is 12.4. The lowest BCUT2D eigenvalue weighted by atomic mass is 9.93. The van der Waals surface area contributed by atoms with Crippen molar-refractivity contribution in [3.8, 4) is 34.5 Å². The Balaban J connectivity index is 0.000000129. The molecule has 9 aromatic rings. The topological polar surface area (TPSA) is 347 Å². The highest BCUT2D eigenvalue weighted by Gasteiger charge is 2.36. The molecule has 1 aliphatic carbocycles. The lowest BCUT2D eigenvalue weighted by Gasteiger charge is -2.40. The van der Waals surface area contributed by atoms with Gasteiger partial charge in [-0.1, -0.05) is 47.6 Å². The van der Waals surface area contributed by atoms with E-state index in [1.807, 2.05) is 28.0 Å². The van der Waals surface area contributed by atoms with E-state index in [9.17, 15) is 14.4 Å². The van der Waals surface area contributed by atoms with Crippen molar-refractivity contribution in [2.45, 2.75) is 102 Å². The van der Waals surface area contributed by atoms with Gasteiger partial charge in [-0.3, -0.25) is 14.4 Å². The highest BCUT2D eigenvalue weighted by molar-refractivity contribution is 6.37. The van der Waals surface area contributed by atoms with Gasteiger partial charge in [0.25, 0.3) is 17.7 Å². The monoisotopic (exact) mass is 1620 g/mol. The standard InChI is InChI=1S/C29H36ClN7O3.C28H36ClN7O4.C22H25ClN6O5/c30-21-17-31-26-23(21)27(32-18-5-4-6-18)35-29(34-26)33-22-8-7-20(24-25(22)40-16-15-39-24)28(38)37-13-9-19(10-14-37)36-11-2-1-3-12-36;1-38-14-9-30-25-22-20(29)17-31-26(22)34-28(33-25)32-21-6-5-19(23-24(21)40-16-15-39-23)27(37)36-12-7-18(8-13-36)35-10-3-2-4-11-35;1-31-7-4-24-19-16-14(23)12-25-20(16)28-22(27-19)26-15-3-2-13(17-18(15)34-11-10-33-17)21(30)29-5-8-32-9-6-29/h7-8,17-19H,1-6,9-16H2,(H3,31,32,33,34,35);5-6,17-18H,2-4,7-16H2,1H3,(H3,30,31,32,33,34);2-3,12H,4-11H2,1H3,(H3,24,25,26,27,28). The Hall–Kier alpha value is -9.80. The lowest BCUT2D eigenvalue weighted by Crippen LogP contribution is -2.48. The molecule has 606 valence electrons. The first-order chi connectivity index (χ1) is 55.9. The van der Waals surface area contributed by atoms with E-state index in [1.54, 1.807) is 55.9 Å². The van der Waals surface area contributed by atoms with E-state index in [2.05, 4.69) is 81.6 Å². The maximum Gasteiger partial charge on any atom is 0.257 e. The van der Waals surface area contributed by atoms with Crippen molar-refractivity contribution < 1.29 is 57.0 Å². The number of halogens is 3. The van der Waals surface area contributed by atoms with Crippen LogP contribution in [0.4, 0.5) is 52.4 Å². The molecule has 35 heteroatoms. The molecule has 3 aromatic carbocycles. The number of morpholine rings is 1. The second-order valence-electron chi connectivity index (χ2n) is 29.4. The number of carbonyl (C=O) groups is 3. The molecular formula is C79H97Cl3N20O12. The van der Waals surface area contributed by atoms with Crippen molar-refractivity contribution in [1.29, 1.82) is 0 Å². The van der Waals surface area contributed by atoms with Crippen molar-refractivity contribution in [2.24, 2.45) is 0 Å². The van der Waals surface area contributed by atoms with E-state index in [4.69, 9.17) is 82.4 Å². The number of H-pyrrole nitrogens is 3. The number of hydrogen-bond acceptors (Lipinski definition) is 26. The van der Waals surface area contributed by atoms with Gasteiger partial charge in [-0.05, 0) is 133 Å². The Morgan fingerprint density at radius 2 is 0.754 bits per heavy atom. The van der Waals surface area contributed by atoms with Crippen LogP contribution in [0.2, 0.25) is 15.1 Å². The molecule has 14 heterocycles. The van der Waals surface area contributed by atoms with E-state index in [1.165, 1.54) is 71.1 Å². The number of amides is 3. The molecule has 5 saturated heterocycles. The third kappa shape index (κ3) is 17.4. The number of ether oxygens (including phenoxy) is 9. The molecule has 0 atom stereocenters. The molecule has 32 nitrogen and oxygen atoms in total. The zero-order valence-electron chi connectivity index (χ0n) is 64.1. The summed E-state index contributed by atoms with van der Waals surface area (Å²) in [4.78, 5) is 88.4. The van der Waals surface area contributed by atoms with Gasteiger partial charge in [0, 0.05) is 103 Å². The van der Waals surface area contributed by atoms with Crippen LogP contribution in [0.25, 0.3) is 33.1 Å². The highest BCUT2D eigenvalue weighted by Crippen LogP contribution is 2.47. The van der Waals surface area contributed by atoms with Crippen molar-refractivity contribution in [1.82, 2.24) is 69.4 Å². The number of hydrogen-bond donors (Lipinski definition) is 9. The van der Waals surface area contributed by atoms with Crippen molar-refractivity contribution in [2.75, 3.05) is 191 Å². The van der Waals surface area contributed by atoms with Crippen LogP contribution >= 0.6 is 34.8 Å². The fourth-order valence-corrected chi connectivity index (χ4v) is 16.8. The third-order valence-electron chi connectivity index (χ3n) is 22.2. The molecule has 3 amide bonds. The molecule has 0 bridgehead atoms. The molecular weight excluding hydrogens is 1530 g/mol. The second-order valence-corrected chi connectivity index (χ2v) is 30.7.